The van der Waals surface area contributed by atoms with Gasteiger partial charge in [-0.2, -0.15) is 10.5 Å². The van der Waals surface area contributed by atoms with Crippen molar-refractivity contribution in [3.05, 3.63) is 32.7 Å². The molecule has 0 atom stereocenters. The number of hydrogen-bond donors (Lipinski definition) is 1. The van der Waals surface area contributed by atoms with Gasteiger partial charge < -0.3 is 4.98 Å². The van der Waals surface area contributed by atoms with Crippen molar-refractivity contribution in [1.82, 2.24) is 4.98 Å². The molecule has 0 aromatic carbocycles. The maximum Gasteiger partial charge on any atom is 0.267 e. The summed E-state index contributed by atoms with van der Waals surface area (Å²) in [6.07, 6.45) is 0. The van der Waals surface area contributed by atoms with Gasteiger partial charge in [-0.25, -0.2) is 0 Å². The second-order valence-corrected chi connectivity index (χ2v) is 2.68. The molecule has 0 saturated heterocycles. The predicted octanol–water partition coefficient (Wildman–Crippen LogP) is 0.735. The first-order valence-electron chi connectivity index (χ1n) is 3.65. The summed E-state index contributed by atoms with van der Waals surface area (Å²) in [5.74, 6) is 0. The van der Waals surface area contributed by atoms with E-state index in [0.717, 1.165) is 0 Å². The van der Waals surface area contributed by atoms with Gasteiger partial charge >= 0.3 is 0 Å². The van der Waals surface area contributed by atoms with E-state index in [-0.39, 0.29) is 11.3 Å². The fourth-order valence-corrected chi connectivity index (χ4v) is 1.06. The van der Waals surface area contributed by atoms with Crippen LogP contribution in [0.25, 0.3) is 0 Å². The number of nitrogens with one attached hydrogen (secondary N) is 1. The van der Waals surface area contributed by atoms with Gasteiger partial charge in [0.1, 0.15) is 23.4 Å². The highest BCUT2D eigenvalue weighted by Gasteiger charge is 2.09. The van der Waals surface area contributed by atoms with E-state index < -0.39 is 5.56 Å². The van der Waals surface area contributed by atoms with Crippen LogP contribution in [-0.2, 0) is 0 Å². The third kappa shape index (κ3) is 1.30. The van der Waals surface area contributed by atoms with Crippen LogP contribution in [-0.4, -0.2) is 4.98 Å². The first kappa shape index (κ1) is 9.02. The Balaban J connectivity index is 3.71. The molecule has 0 unspecified atom stereocenters. The van der Waals surface area contributed by atoms with Crippen LogP contribution in [0.15, 0.2) is 4.79 Å². The number of nitriles is 2. The molecule has 1 N–H and O–H groups in total. The van der Waals surface area contributed by atoms with Crippen LogP contribution in [0.2, 0.25) is 0 Å². The molecule has 0 fully saturated rings. The number of aromatic amines is 1. The Labute approximate surface area is 75.1 Å². The summed E-state index contributed by atoms with van der Waals surface area (Å²) in [5.41, 5.74) is 1.03. The number of pyridine rings is 1. The molecule has 0 spiro atoms. The number of nitrogens with zero attached hydrogens (tertiary/aromatic N) is 2. The summed E-state index contributed by atoms with van der Waals surface area (Å²) < 4.78 is 0. The first-order chi connectivity index (χ1) is 6.11. The highest BCUT2D eigenvalue weighted by Crippen LogP contribution is 2.10. The Morgan fingerprint density at radius 2 is 1.77 bits per heavy atom. The summed E-state index contributed by atoms with van der Waals surface area (Å²) in [4.78, 5) is 13.5. The minimum atomic E-state index is -0.498. The van der Waals surface area contributed by atoms with E-state index in [0.29, 0.717) is 11.1 Å². The van der Waals surface area contributed by atoms with E-state index in [9.17, 15) is 4.79 Å². The van der Waals surface area contributed by atoms with Gasteiger partial charge in [-0.1, -0.05) is 0 Å². The van der Waals surface area contributed by atoms with Gasteiger partial charge in [0.15, 0.2) is 0 Å². The molecule has 0 amide bonds. The van der Waals surface area contributed by atoms with Gasteiger partial charge in [0.25, 0.3) is 5.56 Å². The monoisotopic (exact) mass is 173 g/mol. The van der Waals surface area contributed by atoms with Gasteiger partial charge in [0.2, 0.25) is 0 Å². The van der Waals surface area contributed by atoms with Gasteiger partial charge in [0, 0.05) is 0 Å². The quantitative estimate of drug-likeness (QED) is 0.628. The van der Waals surface area contributed by atoms with Crippen molar-refractivity contribution >= 4 is 0 Å². The fraction of sp³-hybridized carbons (Fsp3) is 0.222. The zero-order chi connectivity index (χ0) is 10.0. The predicted molar refractivity (Wildman–Crippen MR) is 46.0 cm³/mol. The van der Waals surface area contributed by atoms with E-state index in [4.69, 9.17) is 10.5 Å². The lowest BCUT2D eigenvalue weighted by Crippen LogP contribution is -2.15. The molecule has 0 aliphatic heterocycles. The van der Waals surface area contributed by atoms with Crippen molar-refractivity contribution in [3.63, 3.8) is 0 Å². The van der Waals surface area contributed by atoms with Gasteiger partial charge in [-0.15, -0.1) is 0 Å². The van der Waals surface area contributed by atoms with E-state index >= 15 is 0 Å². The number of aromatic nitrogens is 1. The normalized spacial score (nSPS) is 8.92. The molecule has 1 aromatic rings. The van der Waals surface area contributed by atoms with Crippen LogP contribution < -0.4 is 5.56 Å². The fourth-order valence-electron chi connectivity index (χ4n) is 1.06. The van der Waals surface area contributed by atoms with Gasteiger partial charge in [0.05, 0.1) is 0 Å². The third-order valence-corrected chi connectivity index (χ3v) is 2.00. The van der Waals surface area contributed by atoms with Crippen molar-refractivity contribution in [3.8, 4) is 12.1 Å². The SMILES string of the molecule is Cc1c(C#N)[nH]c(=O)c(C#N)c1C. The smallest absolute Gasteiger partial charge is 0.267 e. The van der Waals surface area contributed by atoms with Crippen molar-refractivity contribution in [2.45, 2.75) is 13.8 Å². The molecular formula is C9H7N3O. The zero-order valence-electron chi connectivity index (χ0n) is 7.30. The van der Waals surface area contributed by atoms with Crippen LogP contribution in [0.5, 0.6) is 0 Å². The molecule has 0 saturated carbocycles. The molecule has 0 aliphatic carbocycles. The average Bonchev–Trinajstić information content (AvgIpc) is 2.12. The molecule has 1 heterocycles. The molecule has 4 nitrogen and oxygen atoms in total. The van der Waals surface area contributed by atoms with Gasteiger partial charge in [-0.05, 0) is 25.0 Å². The van der Waals surface area contributed by atoms with Crippen LogP contribution in [0.1, 0.15) is 22.4 Å². The summed E-state index contributed by atoms with van der Waals surface area (Å²) in [6.45, 7) is 3.36. The highest BCUT2D eigenvalue weighted by molar-refractivity contribution is 5.44. The Morgan fingerprint density at radius 3 is 2.23 bits per heavy atom. The molecular weight excluding hydrogens is 166 g/mol. The molecule has 1 aromatic heterocycles. The van der Waals surface area contributed by atoms with Crippen molar-refractivity contribution in [2.75, 3.05) is 0 Å². The number of rotatable bonds is 0. The first-order valence-corrected chi connectivity index (χ1v) is 3.65. The summed E-state index contributed by atoms with van der Waals surface area (Å²) in [7, 11) is 0. The van der Waals surface area contributed by atoms with Crippen LogP contribution in [0.3, 0.4) is 0 Å². The van der Waals surface area contributed by atoms with E-state index in [1.54, 1.807) is 19.9 Å². The third-order valence-electron chi connectivity index (χ3n) is 2.00. The molecule has 13 heavy (non-hydrogen) atoms. The van der Waals surface area contributed by atoms with E-state index in [1.807, 2.05) is 6.07 Å². The molecule has 0 bridgehead atoms. The highest BCUT2D eigenvalue weighted by atomic mass is 16.1. The lowest BCUT2D eigenvalue weighted by atomic mass is 10.1. The molecule has 0 radical (unpaired) electrons. The van der Waals surface area contributed by atoms with E-state index in [1.165, 1.54) is 0 Å². The van der Waals surface area contributed by atoms with E-state index in [2.05, 4.69) is 4.98 Å². The largest absolute Gasteiger partial charge is 0.312 e. The minimum Gasteiger partial charge on any atom is -0.312 e. The van der Waals surface area contributed by atoms with Crippen molar-refractivity contribution in [2.24, 2.45) is 0 Å². The summed E-state index contributed by atoms with van der Waals surface area (Å²) >= 11 is 0. The standard InChI is InChI=1S/C9H7N3O/c1-5-6(2)8(4-11)12-9(13)7(5)3-10/h1-2H3,(H,12,13). The Bertz CT molecular complexity index is 485. The Morgan fingerprint density at radius 1 is 1.15 bits per heavy atom. The Kier molecular flexibility index (Phi) is 2.17. The van der Waals surface area contributed by atoms with Crippen LogP contribution >= 0.6 is 0 Å². The lowest BCUT2D eigenvalue weighted by molar-refractivity contribution is 1.10. The second-order valence-electron chi connectivity index (χ2n) is 2.68. The maximum atomic E-state index is 11.2. The molecule has 1 rings (SSSR count). The van der Waals surface area contributed by atoms with Crippen molar-refractivity contribution in [1.29, 1.82) is 10.5 Å². The Hall–Kier alpha value is -2.07. The summed E-state index contributed by atoms with van der Waals surface area (Å²) in [5, 5.41) is 17.3. The summed E-state index contributed by atoms with van der Waals surface area (Å²) in [6, 6.07) is 3.67. The molecule has 4 heteroatoms. The van der Waals surface area contributed by atoms with Crippen LogP contribution in [0, 0.1) is 36.5 Å². The van der Waals surface area contributed by atoms with Crippen LogP contribution in [0.4, 0.5) is 0 Å². The topological polar surface area (TPSA) is 80.4 Å². The maximum absolute atomic E-state index is 11.2. The molecule has 0 aliphatic rings. The lowest BCUT2D eigenvalue weighted by Gasteiger charge is -2.02. The zero-order valence-corrected chi connectivity index (χ0v) is 7.30. The van der Waals surface area contributed by atoms with Gasteiger partial charge in [-0.3, -0.25) is 4.79 Å². The molecule has 64 valence electrons. The number of H-pyrrole nitrogens is 1. The average molecular weight is 173 g/mol. The second kappa shape index (κ2) is 3.12. The van der Waals surface area contributed by atoms with Crippen molar-refractivity contribution < 1.29 is 0 Å². The minimum absolute atomic E-state index is 0.0801. The number of hydrogen-bond acceptors (Lipinski definition) is 3.